The minimum Gasteiger partial charge on any atom is -0.208 e. The third-order valence-corrected chi connectivity index (χ3v) is 5.55. The van der Waals surface area contributed by atoms with E-state index in [-0.39, 0.29) is 6.04 Å². The predicted molar refractivity (Wildman–Crippen MR) is 76.9 cm³/mol. The molecule has 2 N–H and O–H groups in total. The standard InChI is InChI=1S/C11H17N5O2S2/c17-20(18,15-9-3-1-2-4-9)14-6-5-10-7-19-11-12-8-13-16(10)11/h7-9,14-15H,1-6H2. The molecule has 1 fully saturated rings. The van der Waals surface area contributed by atoms with E-state index in [4.69, 9.17) is 0 Å². The van der Waals surface area contributed by atoms with Crippen molar-refractivity contribution < 1.29 is 8.42 Å². The summed E-state index contributed by atoms with van der Waals surface area (Å²) in [5.74, 6) is 0. The first-order chi connectivity index (χ1) is 9.64. The molecule has 110 valence electrons. The monoisotopic (exact) mass is 315 g/mol. The minimum atomic E-state index is -3.40. The fourth-order valence-electron chi connectivity index (χ4n) is 2.46. The molecule has 0 aromatic carbocycles. The summed E-state index contributed by atoms with van der Waals surface area (Å²) in [5, 5.41) is 6.05. The smallest absolute Gasteiger partial charge is 0.208 e. The van der Waals surface area contributed by atoms with E-state index in [2.05, 4.69) is 19.5 Å². The predicted octanol–water partition coefficient (Wildman–Crippen LogP) is 0.700. The summed E-state index contributed by atoms with van der Waals surface area (Å²) >= 11 is 1.50. The lowest BCUT2D eigenvalue weighted by Gasteiger charge is -2.12. The molecule has 0 amide bonds. The van der Waals surface area contributed by atoms with Gasteiger partial charge in [-0.2, -0.15) is 18.2 Å². The van der Waals surface area contributed by atoms with Crippen LogP contribution in [0.2, 0.25) is 0 Å². The molecule has 2 aromatic rings. The number of rotatable bonds is 6. The van der Waals surface area contributed by atoms with Crippen molar-refractivity contribution in [3.05, 3.63) is 17.4 Å². The van der Waals surface area contributed by atoms with Gasteiger partial charge >= 0.3 is 0 Å². The molecule has 20 heavy (non-hydrogen) atoms. The Bertz CT molecular complexity index is 672. The molecule has 2 heterocycles. The topological polar surface area (TPSA) is 88.4 Å². The first kappa shape index (κ1) is 13.9. The minimum absolute atomic E-state index is 0.0932. The summed E-state index contributed by atoms with van der Waals surface area (Å²) in [6.45, 7) is 0.355. The van der Waals surface area contributed by atoms with Crippen molar-refractivity contribution in [3.8, 4) is 0 Å². The highest BCUT2D eigenvalue weighted by atomic mass is 32.2. The number of thiazole rings is 1. The summed E-state index contributed by atoms with van der Waals surface area (Å²) in [6.07, 6.45) is 6.17. The lowest BCUT2D eigenvalue weighted by atomic mass is 10.3. The average molecular weight is 315 g/mol. The zero-order valence-corrected chi connectivity index (χ0v) is 12.6. The summed E-state index contributed by atoms with van der Waals surface area (Å²) in [5.41, 5.74) is 0.964. The summed E-state index contributed by atoms with van der Waals surface area (Å²) in [7, 11) is -3.40. The van der Waals surface area contributed by atoms with Crippen molar-refractivity contribution in [1.82, 2.24) is 24.0 Å². The molecule has 2 aromatic heterocycles. The van der Waals surface area contributed by atoms with Crippen LogP contribution in [0.15, 0.2) is 11.7 Å². The van der Waals surface area contributed by atoms with Crippen molar-refractivity contribution in [2.24, 2.45) is 0 Å². The normalized spacial score (nSPS) is 17.2. The molecule has 0 atom stereocenters. The van der Waals surface area contributed by atoms with Crippen LogP contribution < -0.4 is 9.44 Å². The second kappa shape index (κ2) is 5.76. The summed E-state index contributed by atoms with van der Waals surface area (Å²) in [6, 6.07) is 0.0932. The number of nitrogens with one attached hydrogen (secondary N) is 2. The van der Waals surface area contributed by atoms with E-state index < -0.39 is 10.2 Å². The molecule has 0 saturated heterocycles. The van der Waals surface area contributed by atoms with Crippen LogP contribution in [0, 0.1) is 0 Å². The Hall–Kier alpha value is -1.03. The van der Waals surface area contributed by atoms with Gasteiger partial charge < -0.3 is 0 Å². The molecule has 0 bridgehead atoms. The quantitative estimate of drug-likeness (QED) is 0.821. The van der Waals surface area contributed by atoms with E-state index in [0.717, 1.165) is 36.3 Å². The van der Waals surface area contributed by atoms with Crippen molar-refractivity contribution in [3.63, 3.8) is 0 Å². The molecule has 0 unspecified atom stereocenters. The molecule has 1 aliphatic rings. The van der Waals surface area contributed by atoms with Crippen LogP contribution >= 0.6 is 11.3 Å². The van der Waals surface area contributed by atoms with Crippen LogP contribution in [-0.4, -0.2) is 35.6 Å². The Balaban J connectivity index is 1.52. The van der Waals surface area contributed by atoms with Gasteiger partial charge in [0.25, 0.3) is 10.2 Å². The maximum atomic E-state index is 11.9. The molecular formula is C11H17N5O2S2. The fraction of sp³-hybridized carbons (Fsp3) is 0.636. The first-order valence-corrected chi connectivity index (χ1v) is 9.03. The van der Waals surface area contributed by atoms with Gasteiger partial charge in [-0.15, -0.1) is 11.3 Å². The number of fused-ring (bicyclic) bond motifs is 1. The van der Waals surface area contributed by atoms with Gasteiger partial charge in [0, 0.05) is 24.4 Å². The van der Waals surface area contributed by atoms with Gasteiger partial charge in [-0.25, -0.2) is 14.2 Å². The van der Waals surface area contributed by atoms with Gasteiger partial charge in [0.2, 0.25) is 4.96 Å². The summed E-state index contributed by atoms with van der Waals surface area (Å²) in [4.78, 5) is 4.91. The molecule has 0 spiro atoms. The Kier molecular flexibility index (Phi) is 4.01. The van der Waals surface area contributed by atoms with Crippen molar-refractivity contribution >= 4 is 26.5 Å². The Morgan fingerprint density at radius 3 is 3.00 bits per heavy atom. The fourth-order valence-corrected chi connectivity index (χ4v) is 4.42. The van der Waals surface area contributed by atoms with E-state index in [1.165, 1.54) is 17.7 Å². The van der Waals surface area contributed by atoms with Crippen molar-refractivity contribution in [2.45, 2.75) is 38.1 Å². The van der Waals surface area contributed by atoms with Crippen LogP contribution in [-0.2, 0) is 16.6 Å². The lowest BCUT2D eigenvalue weighted by Crippen LogP contribution is -2.42. The third kappa shape index (κ3) is 3.17. The van der Waals surface area contributed by atoms with Gasteiger partial charge in [0.05, 0.1) is 5.69 Å². The molecule has 1 saturated carbocycles. The maximum Gasteiger partial charge on any atom is 0.277 e. The highest BCUT2D eigenvalue weighted by Crippen LogP contribution is 2.18. The van der Waals surface area contributed by atoms with E-state index in [1.807, 2.05) is 5.38 Å². The largest absolute Gasteiger partial charge is 0.277 e. The highest BCUT2D eigenvalue weighted by Gasteiger charge is 2.20. The second-order valence-corrected chi connectivity index (χ2v) is 7.30. The van der Waals surface area contributed by atoms with Crippen LogP contribution in [0.3, 0.4) is 0 Å². The van der Waals surface area contributed by atoms with E-state index >= 15 is 0 Å². The third-order valence-electron chi connectivity index (χ3n) is 3.44. The van der Waals surface area contributed by atoms with Crippen molar-refractivity contribution in [1.29, 1.82) is 0 Å². The Morgan fingerprint density at radius 2 is 2.20 bits per heavy atom. The molecule has 7 nitrogen and oxygen atoms in total. The molecule has 1 aliphatic carbocycles. The highest BCUT2D eigenvalue weighted by molar-refractivity contribution is 7.87. The van der Waals surface area contributed by atoms with Crippen LogP contribution in [0.5, 0.6) is 0 Å². The van der Waals surface area contributed by atoms with Gasteiger partial charge in [0.1, 0.15) is 6.33 Å². The van der Waals surface area contributed by atoms with E-state index in [9.17, 15) is 8.42 Å². The zero-order valence-electron chi connectivity index (χ0n) is 10.9. The van der Waals surface area contributed by atoms with Gasteiger partial charge in [0.15, 0.2) is 0 Å². The van der Waals surface area contributed by atoms with Crippen LogP contribution in [0.25, 0.3) is 4.96 Å². The van der Waals surface area contributed by atoms with Crippen LogP contribution in [0.4, 0.5) is 0 Å². The number of hydrogen-bond acceptors (Lipinski definition) is 5. The van der Waals surface area contributed by atoms with Gasteiger partial charge in [-0.05, 0) is 12.8 Å². The SMILES string of the molecule is O=S(=O)(NCCc1csc2ncnn12)NC1CCCC1. The molecule has 9 heteroatoms. The average Bonchev–Trinajstić information content (AvgIpc) is 3.06. The van der Waals surface area contributed by atoms with Crippen LogP contribution in [0.1, 0.15) is 31.4 Å². The Labute approximate surface area is 121 Å². The number of aromatic nitrogens is 3. The number of hydrogen-bond donors (Lipinski definition) is 2. The van der Waals surface area contributed by atoms with E-state index in [0.29, 0.717) is 13.0 Å². The summed E-state index contributed by atoms with van der Waals surface area (Å²) < 4.78 is 30.8. The van der Waals surface area contributed by atoms with E-state index in [1.54, 1.807) is 4.52 Å². The van der Waals surface area contributed by atoms with Crippen molar-refractivity contribution in [2.75, 3.05) is 6.54 Å². The van der Waals surface area contributed by atoms with Gasteiger partial charge in [-0.3, -0.25) is 0 Å². The van der Waals surface area contributed by atoms with Gasteiger partial charge in [-0.1, -0.05) is 12.8 Å². The molecular weight excluding hydrogens is 298 g/mol. The maximum absolute atomic E-state index is 11.9. The first-order valence-electron chi connectivity index (χ1n) is 6.67. The lowest BCUT2D eigenvalue weighted by molar-refractivity contribution is 0.538. The molecule has 0 radical (unpaired) electrons. The molecule has 0 aliphatic heterocycles. The Morgan fingerprint density at radius 1 is 1.40 bits per heavy atom. The molecule has 3 rings (SSSR count). The zero-order chi connectivity index (χ0) is 14.0. The number of nitrogens with zero attached hydrogens (tertiary/aromatic N) is 3. The second-order valence-electron chi connectivity index (χ2n) is 4.93.